The topological polar surface area (TPSA) is 45.4 Å². The maximum absolute atomic E-state index is 9.34. The number of nitrogens with zero attached hydrogens (tertiary/aromatic N) is 2. The molecular weight excluding hydrogens is 320 g/mol. The van der Waals surface area contributed by atoms with Gasteiger partial charge in [-0.1, -0.05) is 42.5 Å². The summed E-state index contributed by atoms with van der Waals surface area (Å²) in [7, 11) is 1.64. The smallest absolute Gasteiger partial charge is 0.119 e. The standard InChI is InChI=1S/C20H19ClN2O/c1-15(19(12-22)20(21)13-23-2)17-8-10-18(11-9-17)24-14-16-6-4-3-5-7-16/h3-11,13,20H,14H2,1-2H3. The second-order valence-corrected chi connectivity index (χ2v) is 5.73. The van der Waals surface area contributed by atoms with E-state index in [1.54, 1.807) is 13.3 Å². The zero-order valence-electron chi connectivity index (χ0n) is 13.7. The molecule has 2 rings (SSSR count). The molecule has 0 aliphatic rings. The fourth-order valence-electron chi connectivity index (χ4n) is 2.26. The summed E-state index contributed by atoms with van der Waals surface area (Å²) in [5, 5.41) is 8.82. The van der Waals surface area contributed by atoms with Crippen LogP contribution in [-0.4, -0.2) is 18.6 Å². The van der Waals surface area contributed by atoms with Crippen LogP contribution < -0.4 is 4.74 Å². The average molecular weight is 339 g/mol. The Morgan fingerprint density at radius 2 is 1.88 bits per heavy atom. The molecule has 0 aliphatic carbocycles. The lowest BCUT2D eigenvalue weighted by atomic mass is 10.00. The molecule has 0 saturated carbocycles. The molecule has 0 bridgehead atoms. The second kappa shape index (κ2) is 8.90. The molecule has 1 atom stereocenters. The third-order valence-electron chi connectivity index (χ3n) is 3.62. The number of hydrogen-bond donors (Lipinski definition) is 0. The van der Waals surface area contributed by atoms with Crippen molar-refractivity contribution in [1.82, 2.24) is 0 Å². The van der Waals surface area contributed by atoms with E-state index >= 15 is 0 Å². The number of nitriles is 1. The van der Waals surface area contributed by atoms with E-state index in [4.69, 9.17) is 16.3 Å². The molecule has 0 fully saturated rings. The van der Waals surface area contributed by atoms with Crippen molar-refractivity contribution >= 4 is 23.4 Å². The number of aliphatic imine (C=N–C) groups is 1. The third kappa shape index (κ3) is 4.71. The van der Waals surface area contributed by atoms with Gasteiger partial charge in [0, 0.05) is 13.3 Å². The largest absolute Gasteiger partial charge is 0.489 e. The van der Waals surface area contributed by atoms with Gasteiger partial charge in [0.15, 0.2) is 0 Å². The summed E-state index contributed by atoms with van der Waals surface area (Å²) in [6, 6.07) is 19.8. The first-order valence-corrected chi connectivity index (χ1v) is 8.03. The number of halogens is 1. The summed E-state index contributed by atoms with van der Waals surface area (Å²) in [6.45, 7) is 2.41. The van der Waals surface area contributed by atoms with Gasteiger partial charge >= 0.3 is 0 Å². The van der Waals surface area contributed by atoms with Gasteiger partial charge in [-0.2, -0.15) is 5.26 Å². The fourth-order valence-corrected chi connectivity index (χ4v) is 2.58. The van der Waals surface area contributed by atoms with E-state index in [2.05, 4.69) is 11.1 Å². The van der Waals surface area contributed by atoms with Gasteiger partial charge in [0.25, 0.3) is 0 Å². The average Bonchev–Trinajstić information content (AvgIpc) is 2.62. The third-order valence-corrected chi connectivity index (χ3v) is 3.95. The Labute approximate surface area is 147 Å². The van der Waals surface area contributed by atoms with Gasteiger partial charge in [0.2, 0.25) is 0 Å². The van der Waals surface area contributed by atoms with Crippen LogP contribution in [0.1, 0.15) is 18.1 Å². The maximum Gasteiger partial charge on any atom is 0.119 e. The van der Waals surface area contributed by atoms with Crippen LogP contribution in [0.5, 0.6) is 5.75 Å². The van der Waals surface area contributed by atoms with E-state index in [0.29, 0.717) is 12.2 Å². The van der Waals surface area contributed by atoms with E-state index in [9.17, 15) is 5.26 Å². The molecule has 0 N–H and O–H groups in total. The number of hydrogen-bond acceptors (Lipinski definition) is 3. The minimum Gasteiger partial charge on any atom is -0.489 e. The number of allylic oxidation sites excluding steroid dienone is 2. The summed E-state index contributed by atoms with van der Waals surface area (Å²) in [5.41, 5.74) is 3.40. The summed E-state index contributed by atoms with van der Waals surface area (Å²) in [6.07, 6.45) is 1.56. The highest BCUT2D eigenvalue weighted by molar-refractivity contribution is 6.31. The SMILES string of the molecule is CN=CC(Cl)C(C#N)=C(C)c1ccc(OCc2ccccc2)cc1. The van der Waals surface area contributed by atoms with Crippen molar-refractivity contribution in [3.63, 3.8) is 0 Å². The Morgan fingerprint density at radius 3 is 2.46 bits per heavy atom. The number of rotatable bonds is 6. The lowest BCUT2D eigenvalue weighted by Gasteiger charge is -2.10. The van der Waals surface area contributed by atoms with Crippen molar-refractivity contribution in [2.75, 3.05) is 7.05 Å². The molecule has 2 aromatic rings. The Bertz CT molecular complexity index is 758. The van der Waals surface area contributed by atoms with E-state index in [1.165, 1.54) is 0 Å². The molecule has 0 aliphatic heterocycles. The van der Waals surface area contributed by atoms with Crippen LogP contribution in [0.15, 0.2) is 65.2 Å². The van der Waals surface area contributed by atoms with Gasteiger partial charge in [-0.15, -0.1) is 11.6 Å². The van der Waals surface area contributed by atoms with Crippen LogP contribution in [-0.2, 0) is 6.61 Å². The van der Waals surface area contributed by atoms with E-state index in [0.717, 1.165) is 22.4 Å². The lowest BCUT2D eigenvalue weighted by molar-refractivity contribution is 0.306. The molecule has 0 spiro atoms. The Hall–Kier alpha value is -2.57. The molecule has 0 amide bonds. The highest BCUT2D eigenvalue weighted by Gasteiger charge is 2.13. The highest BCUT2D eigenvalue weighted by Crippen LogP contribution is 2.24. The van der Waals surface area contributed by atoms with Crippen molar-refractivity contribution in [2.24, 2.45) is 4.99 Å². The first-order valence-electron chi connectivity index (χ1n) is 7.60. The van der Waals surface area contributed by atoms with Crippen molar-refractivity contribution in [2.45, 2.75) is 18.9 Å². The van der Waals surface area contributed by atoms with Crippen molar-refractivity contribution in [1.29, 1.82) is 5.26 Å². The van der Waals surface area contributed by atoms with Crippen LogP contribution in [0.25, 0.3) is 5.57 Å². The zero-order valence-corrected chi connectivity index (χ0v) is 14.5. The molecular formula is C20H19ClN2O. The van der Waals surface area contributed by atoms with Crippen LogP contribution in [0.4, 0.5) is 0 Å². The normalized spacial score (nSPS) is 13.2. The zero-order chi connectivity index (χ0) is 17.4. The van der Waals surface area contributed by atoms with Crippen LogP contribution >= 0.6 is 11.6 Å². The molecule has 0 heterocycles. The van der Waals surface area contributed by atoms with Crippen LogP contribution in [0, 0.1) is 11.3 Å². The van der Waals surface area contributed by atoms with E-state index in [-0.39, 0.29) is 0 Å². The highest BCUT2D eigenvalue weighted by atomic mass is 35.5. The minimum absolute atomic E-state index is 0.500. The summed E-state index contributed by atoms with van der Waals surface area (Å²) >= 11 is 6.19. The van der Waals surface area contributed by atoms with Crippen molar-refractivity contribution in [3.8, 4) is 11.8 Å². The molecule has 122 valence electrons. The summed E-state index contributed by atoms with van der Waals surface area (Å²) in [4.78, 5) is 3.89. The second-order valence-electron chi connectivity index (χ2n) is 5.26. The van der Waals surface area contributed by atoms with Gasteiger partial charge < -0.3 is 4.74 Å². The first-order chi connectivity index (χ1) is 11.7. The van der Waals surface area contributed by atoms with E-state index in [1.807, 2.05) is 61.5 Å². The lowest BCUT2D eigenvalue weighted by Crippen LogP contribution is -2.05. The number of benzene rings is 2. The molecule has 4 heteroatoms. The molecule has 1 unspecified atom stereocenters. The van der Waals surface area contributed by atoms with Gasteiger partial charge in [-0.25, -0.2) is 0 Å². The predicted molar refractivity (Wildman–Crippen MR) is 99.5 cm³/mol. The van der Waals surface area contributed by atoms with Crippen molar-refractivity contribution < 1.29 is 4.74 Å². The molecule has 24 heavy (non-hydrogen) atoms. The summed E-state index contributed by atoms with van der Waals surface area (Å²) in [5.74, 6) is 0.784. The fraction of sp³-hybridized carbons (Fsp3) is 0.200. The Morgan fingerprint density at radius 1 is 1.21 bits per heavy atom. The van der Waals surface area contributed by atoms with Gasteiger partial charge in [0.1, 0.15) is 17.7 Å². The molecule has 0 saturated heterocycles. The van der Waals surface area contributed by atoms with Gasteiger partial charge in [-0.3, -0.25) is 4.99 Å². The number of alkyl halides is 1. The molecule has 0 radical (unpaired) electrons. The quantitative estimate of drug-likeness (QED) is 0.428. The maximum atomic E-state index is 9.34. The van der Waals surface area contributed by atoms with Crippen molar-refractivity contribution in [3.05, 3.63) is 71.3 Å². The van der Waals surface area contributed by atoms with Crippen LogP contribution in [0.3, 0.4) is 0 Å². The number of ether oxygens (including phenoxy) is 1. The molecule has 3 nitrogen and oxygen atoms in total. The minimum atomic E-state index is -0.519. The summed E-state index contributed by atoms with van der Waals surface area (Å²) < 4.78 is 5.77. The molecule has 0 aromatic heterocycles. The Kier molecular flexibility index (Phi) is 6.60. The van der Waals surface area contributed by atoms with E-state index < -0.39 is 5.38 Å². The Balaban J connectivity index is 2.12. The van der Waals surface area contributed by atoms with Gasteiger partial charge in [0.05, 0.1) is 11.6 Å². The predicted octanol–water partition coefficient (Wildman–Crippen LogP) is 4.87. The monoisotopic (exact) mass is 338 g/mol. The van der Waals surface area contributed by atoms with Crippen LogP contribution in [0.2, 0.25) is 0 Å². The first kappa shape index (κ1) is 17.8. The van der Waals surface area contributed by atoms with Gasteiger partial charge in [-0.05, 0) is 35.8 Å². The molecule has 2 aromatic carbocycles.